The second kappa shape index (κ2) is 40.3. The molecule has 0 aliphatic heterocycles. The van der Waals surface area contributed by atoms with Crippen LogP contribution in [0.4, 0.5) is 0 Å². The summed E-state index contributed by atoms with van der Waals surface area (Å²) in [7, 11) is 0. The number of Topliss-reactive ketones (excluding diaryl/α,β-unsaturated/α-hetero) is 1. The van der Waals surface area contributed by atoms with E-state index in [2.05, 4.69) is 59.8 Å². The summed E-state index contributed by atoms with van der Waals surface area (Å²) in [6.45, 7) is 0. The lowest BCUT2D eigenvalue weighted by Gasteiger charge is -2.03. The number of ketones is 1. The molecular weight excluding hydrogens is 585 g/mol. The molecule has 48 heavy (non-hydrogen) atoms. The molecule has 0 saturated heterocycles. The largest absolute Gasteiger partial charge is 0.377 e. The van der Waals surface area contributed by atoms with Gasteiger partial charge in [0.05, 0.1) is 0 Å². The van der Waals surface area contributed by atoms with Crippen molar-refractivity contribution in [3.05, 3.63) is 36.5 Å². The standard InChI is InChI=1S/C46H70O2/c1-3-5-6-7-8-9-10-11-12-13-14-15-16-17-18-19-20-21-25-28-31-34-37-40-43-46(48)44-41-38-35-32-29-26-23-22-24-27-30-33-36-39-42-45(47)4-2/h1-2,21,23,25-26,39,42,45,47H,5-20,22,24,27-38H2. The molecule has 266 valence electrons. The molecule has 0 rings (SSSR count). The average Bonchev–Trinajstić information content (AvgIpc) is 3.09. The van der Waals surface area contributed by atoms with E-state index in [9.17, 15) is 9.90 Å². The van der Waals surface area contributed by atoms with Gasteiger partial charge in [-0.05, 0) is 101 Å². The highest BCUT2D eigenvalue weighted by Crippen LogP contribution is 2.14. The van der Waals surface area contributed by atoms with Crippen molar-refractivity contribution >= 4 is 5.78 Å². The van der Waals surface area contributed by atoms with E-state index >= 15 is 0 Å². The third kappa shape index (κ3) is 39.3. The Morgan fingerprint density at radius 1 is 0.458 bits per heavy atom. The average molecular weight is 655 g/mol. The van der Waals surface area contributed by atoms with Crippen LogP contribution in [0.15, 0.2) is 36.5 Å². The van der Waals surface area contributed by atoms with Gasteiger partial charge in [-0.2, -0.15) is 0 Å². The van der Waals surface area contributed by atoms with Crippen LogP contribution in [-0.2, 0) is 4.79 Å². The van der Waals surface area contributed by atoms with Crippen LogP contribution in [0.5, 0.6) is 0 Å². The molecule has 0 amide bonds. The second-order valence-electron chi connectivity index (χ2n) is 13.1. The van der Waals surface area contributed by atoms with Crippen LogP contribution < -0.4 is 0 Å². The van der Waals surface area contributed by atoms with Crippen molar-refractivity contribution in [3.63, 3.8) is 0 Å². The van der Waals surface area contributed by atoms with Crippen molar-refractivity contribution in [1.82, 2.24) is 0 Å². The van der Waals surface area contributed by atoms with E-state index in [1.165, 1.54) is 116 Å². The Bertz CT molecular complexity index is 1020. The normalized spacial score (nSPS) is 11.6. The predicted molar refractivity (Wildman–Crippen MR) is 210 cm³/mol. The van der Waals surface area contributed by atoms with Gasteiger partial charge in [-0.3, -0.25) is 4.79 Å². The number of aliphatic hydroxyl groups is 1. The molecule has 0 bridgehead atoms. The van der Waals surface area contributed by atoms with Crippen molar-refractivity contribution in [2.24, 2.45) is 0 Å². The quantitative estimate of drug-likeness (QED) is 0.0339. The molecule has 0 heterocycles. The number of carbonyl (C=O) groups excluding carboxylic acids is 1. The van der Waals surface area contributed by atoms with Crippen LogP contribution in [0.2, 0.25) is 0 Å². The first-order valence-corrected chi connectivity index (χ1v) is 19.8. The molecule has 0 spiro atoms. The monoisotopic (exact) mass is 655 g/mol. The van der Waals surface area contributed by atoms with Crippen LogP contribution in [0.1, 0.15) is 193 Å². The summed E-state index contributed by atoms with van der Waals surface area (Å²) >= 11 is 0. The van der Waals surface area contributed by atoms with Gasteiger partial charge >= 0.3 is 0 Å². The number of unbranched alkanes of at least 4 members (excludes halogenated alkanes) is 26. The number of terminal acetylenes is 2. The summed E-state index contributed by atoms with van der Waals surface area (Å²) in [4.78, 5) is 11.8. The Labute approximate surface area is 298 Å². The number of allylic oxidation sites excluding steroid dienone is 5. The van der Waals surface area contributed by atoms with Gasteiger partial charge in [0.25, 0.3) is 5.78 Å². The molecule has 2 heteroatoms. The van der Waals surface area contributed by atoms with Crippen molar-refractivity contribution in [2.75, 3.05) is 0 Å². The second-order valence-corrected chi connectivity index (χ2v) is 13.1. The smallest absolute Gasteiger partial charge is 0.279 e. The van der Waals surface area contributed by atoms with Crippen LogP contribution in [0, 0.1) is 48.4 Å². The zero-order valence-corrected chi connectivity index (χ0v) is 30.8. The summed E-state index contributed by atoms with van der Waals surface area (Å²) in [5.74, 6) is 16.1. The van der Waals surface area contributed by atoms with Crippen LogP contribution in [-0.4, -0.2) is 17.0 Å². The van der Waals surface area contributed by atoms with Gasteiger partial charge in [0, 0.05) is 19.3 Å². The van der Waals surface area contributed by atoms with Crippen LogP contribution >= 0.6 is 0 Å². The Morgan fingerprint density at radius 3 is 1.15 bits per heavy atom. The maximum absolute atomic E-state index is 11.8. The minimum Gasteiger partial charge on any atom is -0.377 e. The number of hydrogen-bond donors (Lipinski definition) is 1. The zero-order valence-electron chi connectivity index (χ0n) is 30.8. The number of aliphatic hydroxyl groups excluding tert-OH is 1. The number of rotatable bonds is 32. The molecule has 2 nitrogen and oxygen atoms in total. The third-order valence-electron chi connectivity index (χ3n) is 8.50. The van der Waals surface area contributed by atoms with Gasteiger partial charge in [-0.15, -0.1) is 18.8 Å². The molecule has 0 fully saturated rings. The van der Waals surface area contributed by atoms with Crippen molar-refractivity contribution in [1.29, 1.82) is 0 Å². The molecule has 0 radical (unpaired) electrons. The van der Waals surface area contributed by atoms with Gasteiger partial charge in [-0.1, -0.05) is 138 Å². The minimum absolute atomic E-state index is 0.245. The molecule has 1 atom stereocenters. The Morgan fingerprint density at radius 2 is 0.771 bits per heavy atom. The summed E-state index contributed by atoms with van der Waals surface area (Å²) in [5.41, 5.74) is 0. The highest BCUT2D eigenvalue weighted by Gasteiger charge is 1.95. The van der Waals surface area contributed by atoms with Crippen LogP contribution in [0.25, 0.3) is 0 Å². The van der Waals surface area contributed by atoms with Crippen molar-refractivity contribution < 1.29 is 9.90 Å². The lowest BCUT2D eigenvalue weighted by atomic mass is 10.0. The maximum Gasteiger partial charge on any atom is 0.279 e. The first-order chi connectivity index (χ1) is 23.7. The van der Waals surface area contributed by atoms with Gasteiger partial charge in [-0.25, -0.2) is 0 Å². The minimum atomic E-state index is -0.747. The summed E-state index contributed by atoms with van der Waals surface area (Å²) in [6, 6.07) is 0. The number of hydrogen-bond acceptors (Lipinski definition) is 2. The SMILES string of the molecule is C#CCCCCCCCCCCCCCCCCC=CCCCCC#CC(=O)C#CCCCCC=CCCCCCCC=CC(O)C#C. The predicted octanol–water partition coefficient (Wildman–Crippen LogP) is 12.6. The van der Waals surface area contributed by atoms with Gasteiger partial charge in [0.1, 0.15) is 6.10 Å². The lowest BCUT2D eigenvalue weighted by molar-refractivity contribution is -0.108. The van der Waals surface area contributed by atoms with E-state index in [1.807, 2.05) is 6.08 Å². The van der Waals surface area contributed by atoms with E-state index in [-0.39, 0.29) is 5.78 Å². The first kappa shape index (κ1) is 45.1. The zero-order chi connectivity index (χ0) is 34.9. The van der Waals surface area contributed by atoms with E-state index in [0.717, 1.165) is 77.0 Å². The Kier molecular flexibility index (Phi) is 37.8. The molecule has 0 aliphatic rings. The third-order valence-corrected chi connectivity index (χ3v) is 8.50. The van der Waals surface area contributed by atoms with Crippen LogP contribution in [0.3, 0.4) is 0 Å². The first-order valence-electron chi connectivity index (χ1n) is 19.8. The molecule has 1 unspecified atom stereocenters. The fourth-order valence-corrected chi connectivity index (χ4v) is 5.51. The summed E-state index contributed by atoms with van der Waals surface area (Å²) < 4.78 is 0. The van der Waals surface area contributed by atoms with Crippen molar-refractivity contribution in [3.8, 4) is 48.4 Å². The molecular formula is C46H70O2. The maximum atomic E-state index is 11.8. The highest BCUT2D eigenvalue weighted by atomic mass is 16.3. The Balaban J connectivity index is 3.43. The topological polar surface area (TPSA) is 37.3 Å². The summed E-state index contributed by atoms with van der Waals surface area (Å²) in [5, 5.41) is 9.25. The molecule has 0 aromatic carbocycles. The Hall–Kier alpha value is -2.91. The fourth-order valence-electron chi connectivity index (χ4n) is 5.51. The van der Waals surface area contributed by atoms with Gasteiger partial charge in [0.15, 0.2) is 0 Å². The highest BCUT2D eigenvalue weighted by molar-refractivity contribution is 6.08. The van der Waals surface area contributed by atoms with Gasteiger partial charge < -0.3 is 5.11 Å². The molecule has 0 saturated carbocycles. The van der Waals surface area contributed by atoms with Crippen molar-refractivity contribution in [2.45, 2.75) is 199 Å². The summed E-state index contributed by atoms with van der Waals surface area (Å²) in [6.07, 6.45) is 58.8. The van der Waals surface area contributed by atoms with E-state index < -0.39 is 6.10 Å². The molecule has 1 N–H and O–H groups in total. The lowest BCUT2D eigenvalue weighted by Crippen LogP contribution is -1.95. The molecule has 0 aromatic heterocycles. The van der Waals surface area contributed by atoms with E-state index in [0.29, 0.717) is 0 Å². The van der Waals surface area contributed by atoms with E-state index in [1.54, 1.807) is 6.08 Å². The molecule has 0 aliphatic carbocycles. The molecule has 0 aromatic rings. The van der Waals surface area contributed by atoms with E-state index in [4.69, 9.17) is 12.8 Å². The fraction of sp³-hybridized carbons (Fsp3) is 0.674. The number of carbonyl (C=O) groups is 1. The van der Waals surface area contributed by atoms with Gasteiger partial charge in [0.2, 0.25) is 0 Å².